The molecule has 0 aromatic heterocycles. The molecule has 0 atom stereocenters. The second-order valence-corrected chi connectivity index (χ2v) is 7.37. The first-order valence-corrected chi connectivity index (χ1v) is 9.08. The fourth-order valence-electron chi connectivity index (χ4n) is 2.30. The van der Waals surface area contributed by atoms with Crippen molar-refractivity contribution in [2.75, 3.05) is 38.5 Å². The van der Waals surface area contributed by atoms with E-state index < -0.39 is 10.0 Å². The summed E-state index contributed by atoms with van der Waals surface area (Å²) in [6, 6.07) is 0. The predicted octanol–water partition coefficient (Wildman–Crippen LogP) is 0.164. The number of carbonyl (C=O) groups excluding carboxylic acids is 1. The number of rotatable bonds is 8. The first-order valence-electron chi connectivity index (χ1n) is 7.47. The third-order valence-corrected chi connectivity index (χ3v) is 5.49. The van der Waals surface area contributed by atoms with Crippen LogP contribution in [0.15, 0.2) is 0 Å². The molecule has 20 heavy (non-hydrogen) atoms. The van der Waals surface area contributed by atoms with E-state index in [0.717, 1.165) is 19.5 Å². The largest absolute Gasteiger partial charge is 0.355 e. The van der Waals surface area contributed by atoms with Gasteiger partial charge in [-0.15, -0.1) is 0 Å². The highest BCUT2D eigenvalue weighted by Crippen LogP contribution is 2.19. The van der Waals surface area contributed by atoms with E-state index in [4.69, 9.17) is 0 Å². The number of piperidine rings is 1. The molecule has 0 bridgehead atoms. The van der Waals surface area contributed by atoms with Gasteiger partial charge < -0.3 is 10.6 Å². The minimum Gasteiger partial charge on any atom is -0.355 e. The maximum Gasteiger partial charge on any atom is 0.223 e. The van der Waals surface area contributed by atoms with Crippen LogP contribution in [-0.4, -0.2) is 57.1 Å². The summed E-state index contributed by atoms with van der Waals surface area (Å²) < 4.78 is 24.9. The van der Waals surface area contributed by atoms with Crippen LogP contribution in [0.2, 0.25) is 0 Å². The Balaban J connectivity index is 2.25. The molecular formula is C13H27N3O3S. The Morgan fingerprint density at radius 2 is 1.80 bits per heavy atom. The predicted molar refractivity (Wildman–Crippen MR) is 79.9 cm³/mol. The molecule has 1 heterocycles. The van der Waals surface area contributed by atoms with Gasteiger partial charge in [-0.2, -0.15) is 0 Å². The molecule has 0 unspecified atom stereocenters. The average Bonchev–Trinajstić information content (AvgIpc) is 2.47. The van der Waals surface area contributed by atoms with E-state index in [1.54, 1.807) is 6.92 Å². The molecule has 118 valence electrons. The normalized spacial score (nSPS) is 18.1. The summed E-state index contributed by atoms with van der Waals surface area (Å²) >= 11 is 0. The number of hydrogen-bond acceptors (Lipinski definition) is 4. The van der Waals surface area contributed by atoms with Crippen molar-refractivity contribution in [3.05, 3.63) is 0 Å². The van der Waals surface area contributed by atoms with Crippen LogP contribution in [0.4, 0.5) is 0 Å². The number of nitrogens with zero attached hydrogens (tertiary/aromatic N) is 1. The zero-order valence-electron chi connectivity index (χ0n) is 12.5. The van der Waals surface area contributed by atoms with Crippen molar-refractivity contribution in [2.24, 2.45) is 5.92 Å². The number of hydrogen-bond donors (Lipinski definition) is 2. The van der Waals surface area contributed by atoms with E-state index in [2.05, 4.69) is 17.6 Å². The van der Waals surface area contributed by atoms with Gasteiger partial charge in [0.15, 0.2) is 0 Å². The monoisotopic (exact) mass is 305 g/mol. The Morgan fingerprint density at radius 1 is 1.15 bits per heavy atom. The van der Waals surface area contributed by atoms with E-state index in [0.29, 0.717) is 32.5 Å². The molecule has 0 aliphatic carbocycles. The van der Waals surface area contributed by atoms with E-state index in [1.165, 1.54) is 4.31 Å². The molecule has 1 fully saturated rings. The van der Waals surface area contributed by atoms with Crippen molar-refractivity contribution in [3.63, 3.8) is 0 Å². The Bertz CT molecular complexity index is 390. The van der Waals surface area contributed by atoms with Gasteiger partial charge in [-0.3, -0.25) is 4.79 Å². The number of amides is 1. The van der Waals surface area contributed by atoms with Gasteiger partial charge in [-0.25, -0.2) is 12.7 Å². The summed E-state index contributed by atoms with van der Waals surface area (Å²) in [7, 11) is -3.11. The third-order valence-electron chi connectivity index (χ3n) is 3.61. The standard InChI is InChI=1S/C13H27N3O3S/c1-3-7-14-8-9-15-13(17)12-5-10-16(11-6-12)20(18,19)4-2/h12,14H,3-11H2,1-2H3,(H,15,17). The molecule has 0 saturated carbocycles. The van der Waals surface area contributed by atoms with E-state index in [9.17, 15) is 13.2 Å². The lowest BCUT2D eigenvalue weighted by molar-refractivity contribution is -0.126. The Labute approximate surface area is 122 Å². The summed E-state index contributed by atoms with van der Waals surface area (Å²) in [6.07, 6.45) is 2.32. The van der Waals surface area contributed by atoms with Crippen molar-refractivity contribution >= 4 is 15.9 Å². The van der Waals surface area contributed by atoms with Gasteiger partial charge in [0.25, 0.3) is 0 Å². The molecule has 2 N–H and O–H groups in total. The van der Waals surface area contributed by atoms with Gasteiger partial charge in [-0.1, -0.05) is 6.92 Å². The lowest BCUT2D eigenvalue weighted by Crippen LogP contribution is -2.44. The third kappa shape index (κ3) is 5.38. The fourth-order valence-corrected chi connectivity index (χ4v) is 3.43. The minimum absolute atomic E-state index is 0.0514. The highest BCUT2D eigenvalue weighted by atomic mass is 32.2. The van der Waals surface area contributed by atoms with Crippen molar-refractivity contribution < 1.29 is 13.2 Å². The van der Waals surface area contributed by atoms with Crippen molar-refractivity contribution in [2.45, 2.75) is 33.1 Å². The second-order valence-electron chi connectivity index (χ2n) is 5.11. The van der Waals surface area contributed by atoms with Gasteiger partial charge in [0.05, 0.1) is 5.75 Å². The number of sulfonamides is 1. The zero-order chi connectivity index (χ0) is 15.0. The molecule has 0 radical (unpaired) electrons. The van der Waals surface area contributed by atoms with Crippen molar-refractivity contribution in [3.8, 4) is 0 Å². The molecule has 0 aromatic rings. The van der Waals surface area contributed by atoms with Gasteiger partial charge >= 0.3 is 0 Å². The Hall–Kier alpha value is -0.660. The molecule has 1 rings (SSSR count). The first kappa shape index (κ1) is 17.4. The van der Waals surface area contributed by atoms with Gasteiger partial charge in [0.2, 0.25) is 15.9 Å². The summed E-state index contributed by atoms with van der Waals surface area (Å²) in [5, 5.41) is 6.14. The van der Waals surface area contributed by atoms with Crippen molar-refractivity contribution in [1.82, 2.24) is 14.9 Å². The van der Waals surface area contributed by atoms with Crippen LogP contribution in [0.1, 0.15) is 33.1 Å². The maximum atomic E-state index is 11.9. The minimum atomic E-state index is -3.11. The van der Waals surface area contributed by atoms with Gasteiger partial charge in [-0.05, 0) is 32.7 Å². The average molecular weight is 305 g/mol. The Morgan fingerprint density at radius 3 is 2.35 bits per heavy atom. The lowest BCUT2D eigenvalue weighted by atomic mass is 9.97. The van der Waals surface area contributed by atoms with Crippen LogP contribution >= 0.6 is 0 Å². The zero-order valence-corrected chi connectivity index (χ0v) is 13.3. The Kier molecular flexibility index (Phi) is 7.47. The molecule has 6 nitrogen and oxygen atoms in total. The van der Waals surface area contributed by atoms with Gasteiger partial charge in [0, 0.05) is 32.1 Å². The summed E-state index contributed by atoms with van der Waals surface area (Å²) in [4.78, 5) is 11.9. The summed E-state index contributed by atoms with van der Waals surface area (Å²) in [6.45, 7) is 7.05. The molecule has 0 spiro atoms. The van der Waals surface area contributed by atoms with Crippen LogP contribution in [-0.2, 0) is 14.8 Å². The molecule has 1 aliphatic rings. The maximum absolute atomic E-state index is 11.9. The molecule has 7 heteroatoms. The summed E-state index contributed by atoms with van der Waals surface area (Å²) in [5.74, 6) is 0.133. The first-order chi connectivity index (χ1) is 9.51. The van der Waals surface area contributed by atoms with E-state index in [-0.39, 0.29) is 17.6 Å². The smallest absolute Gasteiger partial charge is 0.223 e. The number of nitrogens with one attached hydrogen (secondary N) is 2. The van der Waals surface area contributed by atoms with E-state index >= 15 is 0 Å². The second kappa shape index (κ2) is 8.59. The molecule has 1 amide bonds. The van der Waals surface area contributed by atoms with Crippen molar-refractivity contribution in [1.29, 1.82) is 0 Å². The summed E-state index contributed by atoms with van der Waals surface area (Å²) in [5.41, 5.74) is 0. The highest BCUT2D eigenvalue weighted by molar-refractivity contribution is 7.89. The van der Waals surface area contributed by atoms with Crippen LogP contribution in [0.25, 0.3) is 0 Å². The van der Waals surface area contributed by atoms with Crippen LogP contribution in [0.5, 0.6) is 0 Å². The topological polar surface area (TPSA) is 78.5 Å². The van der Waals surface area contributed by atoms with E-state index in [1.807, 2.05) is 0 Å². The lowest BCUT2D eigenvalue weighted by Gasteiger charge is -2.30. The SMILES string of the molecule is CCCNCCNC(=O)C1CCN(S(=O)(=O)CC)CC1. The highest BCUT2D eigenvalue weighted by Gasteiger charge is 2.29. The molecular weight excluding hydrogens is 278 g/mol. The molecule has 0 aromatic carbocycles. The molecule has 1 aliphatic heterocycles. The fraction of sp³-hybridized carbons (Fsp3) is 0.923. The van der Waals surface area contributed by atoms with Gasteiger partial charge in [0.1, 0.15) is 0 Å². The number of carbonyl (C=O) groups is 1. The molecule has 1 saturated heterocycles. The quantitative estimate of drug-likeness (QED) is 0.626. The van der Waals surface area contributed by atoms with Crippen LogP contribution < -0.4 is 10.6 Å². The van der Waals surface area contributed by atoms with Crippen LogP contribution in [0.3, 0.4) is 0 Å². The van der Waals surface area contributed by atoms with Crippen LogP contribution in [0, 0.1) is 5.92 Å².